The van der Waals surface area contributed by atoms with E-state index < -0.39 is 18.0 Å². The van der Waals surface area contributed by atoms with E-state index in [9.17, 15) is 9.59 Å². The minimum atomic E-state index is -0.963. The number of hydrogen-bond donors (Lipinski definition) is 4. The summed E-state index contributed by atoms with van der Waals surface area (Å²) in [6, 6.07) is 0. The highest BCUT2D eigenvalue weighted by molar-refractivity contribution is 5.67. The van der Waals surface area contributed by atoms with E-state index in [-0.39, 0.29) is 12.8 Å². The van der Waals surface area contributed by atoms with Crippen LogP contribution in [0.25, 0.3) is 0 Å². The molecular weight excluding hydrogens is 190 g/mol. The van der Waals surface area contributed by atoms with E-state index in [1.807, 2.05) is 0 Å². The lowest BCUT2D eigenvalue weighted by Crippen LogP contribution is -2.07. The molecule has 0 aromatic carbocycles. The number of aliphatic hydroxyl groups excluding tert-OH is 1. The molecule has 0 spiro atoms. The SMILES string of the molecule is CC(O)CC(=O)O.NCCCC(=O)O. The normalized spacial score (nSPS) is 11.1. The van der Waals surface area contributed by atoms with Crippen LogP contribution in [0.1, 0.15) is 26.2 Å². The second-order valence-electron chi connectivity index (χ2n) is 2.73. The van der Waals surface area contributed by atoms with Crippen LogP contribution in [0.3, 0.4) is 0 Å². The number of carbonyl (C=O) groups is 2. The standard InChI is InChI=1S/C4H9NO2.C4H8O3/c5-3-1-2-4(6)7;1-3(5)2-4(6)7/h1-3,5H2,(H,6,7);3,5H,2H2,1H3,(H,6,7). The largest absolute Gasteiger partial charge is 0.481 e. The van der Waals surface area contributed by atoms with Crippen LogP contribution in [-0.4, -0.2) is 39.9 Å². The molecule has 0 aromatic heterocycles. The second kappa shape index (κ2) is 9.94. The van der Waals surface area contributed by atoms with Gasteiger partial charge in [0.15, 0.2) is 0 Å². The molecule has 0 aromatic rings. The van der Waals surface area contributed by atoms with Gasteiger partial charge in [-0.05, 0) is 19.9 Å². The molecule has 1 atom stereocenters. The van der Waals surface area contributed by atoms with Gasteiger partial charge in [-0.15, -0.1) is 0 Å². The third-order valence-electron chi connectivity index (χ3n) is 1.06. The van der Waals surface area contributed by atoms with E-state index in [1.165, 1.54) is 6.92 Å². The van der Waals surface area contributed by atoms with Gasteiger partial charge in [0.05, 0.1) is 12.5 Å². The van der Waals surface area contributed by atoms with E-state index in [1.54, 1.807) is 0 Å². The molecule has 0 aliphatic carbocycles. The molecule has 0 aliphatic heterocycles. The van der Waals surface area contributed by atoms with Crippen molar-refractivity contribution in [3.8, 4) is 0 Å². The highest BCUT2D eigenvalue weighted by atomic mass is 16.4. The topological polar surface area (TPSA) is 121 Å². The van der Waals surface area contributed by atoms with Crippen LogP contribution in [0.4, 0.5) is 0 Å². The molecule has 0 rings (SSSR count). The third-order valence-corrected chi connectivity index (χ3v) is 1.06. The molecule has 0 heterocycles. The number of rotatable bonds is 5. The molecule has 6 nitrogen and oxygen atoms in total. The minimum Gasteiger partial charge on any atom is -0.481 e. The van der Waals surface area contributed by atoms with Crippen molar-refractivity contribution in [2.75, 3.05) is 6.54 Å². The van der Waals surface area contributed by atoms with Crippen molar-refractivity contribution >= 4 is 11.9 Å². The zero-order chi connectivity index (χ0) is 11.6. The second-order valence-corrected chi connectivity index (χ2v) is 2.73. The van der Waals surface area contributed by atoms with Crippen molar-refractivity contribution in [3.05, 3.63) is 0 Å². The fraction of sp³-hybridized carbons (Fsp3) is 0.750. The summed E-state index contributed by atoms with van der Waals surface area (Å²) >= 11 is 0. The van der Waals surface area contributed by atoms with Gasteiger partial charge in [0.25, 0.3) is 0 Å². The Morgan fingerprint density at radius 3 is 1.86 bits per heavy atom. The molecule has 84 valence electrons. The van der Waals surface area contributed by atoms with E-state index >= 15 is 0 Å². The monoisotopic (exact) mass is 207 g/mol. The van der Waals surface area contributed by atoms with Gasteiger partial charge in [-0.25, -0.2) is 0 Å². The third kappa shape index (κ3) is 22.4. The Hall–Kier alpha value is -1.14. The van der Waals surface area contributed by atoms with Crippen LogP contribution in [0, 0.1) is 0 Å². The molecule has 0 aliphatic rings. The van der Waals surface area contributed by atoms with Crippen molar-refractivity contribution in [2.45, 2.75) is 32.3 Å². The van der Waals surface area contributed by atoms with Crippen molar-refractivity contribution < 1.29 is 24.9 Å². The van der Waals surface area contributed by atoms with Gasteiger partial charge < -0.3 is 21.1 Å². The molecule has 0 amide bonds. The average Bonchev–Trinajstić information content (AvgIpc) is 1.99. The van der Waals surface area contributed by atoms with E-state index in [4.69, 9.17) is 21.1 Å². The summed E-state index contributed by atoms with van der Waals surface area (Å²) < 4.78 is 0. The number of aliphatic hydroxyl groups is 1. The van der Waals surface area contributed by atoms with Gasteiger partial charge in [-0.1, -0.05) is 0 Å². The highest BCUT2D eigenvalue weighted by Crippen LogP contribution is 1.85. The van der Waals surface area contributed by atoms with Crippen molar-refractivity contribution in [2.24, 2.45) is 5.73 Å². The number of hydrogen-bond acceptors (Lipinski definition) is 4. The molecule has 14 heavy (non-hydrogen) atoms. The quantitative estimate of drug-likeness (QED) is 0.489. The summed E-state index contributed by atoms with van der Waals surface area (Å²) in [6.45, 7) is 1.90. The summed E-state index contributed by atoms with van der Waals surface area (Å²) in [5.74, 6) is -1.74. The first-order valence-electron chi connectivity index (χ1n) is 4.21. The van der Waals surface area contributed by atoms with Gasteiger partial charge in [0, 0.05) is 6.42 Å². The summed E-state index contributed by atoms with van der Waals surface area (Å²) in [5.41, 5.74) is 5.01. The average molecular weight is 207 g/mol. The van der Waals surface area contributed by atoms with Gasteiger partial charge in [0.2, 0.25) is 0 Å². The summed E-state index contributed by atoms with van der Waals surface area (Å²) in [5, 5.41) is 24.3. The van der Waals surface area contributed by atoms with E-state index in [2.05, 4.69) is 0 Å². The Kier molecular flexibility index (Phi) is 10.9. The molecule has 1 unspecified atom stereocenters. The summed E-state index contributed by atoms with van der Waals surface area (Å²) in [7, 11) is 0. The van der Waals surface area contributed by atoms with Gasteiger partial charge >= 0.3 is 11.9 Å². The predicted octanol–water partition coefficient (Wildman–Crippen LogP) is -0.348. The predicted molar refractivity (Wildman–Crippen MR) is 49.9 cm³/mol. The van der Waals surface area contributed by atoms with Crippen LogP contribution in [0.15, 0.2) is 0 Å². The number of nitrogens with two attached hydrogens (primary N) is 1. The van der Waals surface area contributed by atoms with Gasteiger partial charge in [-0.3, -0.25) is 9.59 Å². The molecule has 0 saturated heterocycles. The number of carboxylic acid groups (broad SMARTS) is 2. The van der Waals surface area contributed by atoms with Crippen LogP contribution >= 0.6 is 0 Å². The molecule has 0 saturated carbocycles. The maximum atomic E-state index is 9.70. The fourth-order valence-corrected chi connectivity index (χ4v) is 0.506. The zero-order valence-electron chi connectivity index (χ0n) is 8.14. The smallest absolute Gasteiger partial charge is 0.305 e. The molecule has 0 bridgehead atoms. The van der Waals surface area contributed by atoms with Crippen LogP contribution in [0.2, 0.25) is 0 Å². The lowest BCUT2D eigenvalue weighted by Gasteiger charge is -1.94. The molecule has 6 heteroatoms. The Labute approximate surface area is 82.3 Å². The molecule has 0 fully saturated rings. The van der Waals surface area contributed by atoms with Gasteiger partial charge in [-0.2, -0.15) is 0 Å². The fourth-order valence-electron chi connectivity index (χ4n) is 0.506. The molecular formula is C8H17NO5. The first-order valence-corrected chi connectivity index (χ1v) is 4.21. The Bertz CT molecular complexity index is 169. The number of aliphatic carboxylic acids is 2. The maximum absolute atomic E-state index is 9.70. The van der Waals surface area contributed by atoms with E-state index in [0.29, 0.717) is 13.0 Å². The zero-order valence-corrected chi connectivity index (χ0v) is 8.14. The van der Waals surface area contributed by atoms with Gasteiger partial charge in [0.1, 0.15) is 0 Å². The highest BCUT2D eigenvalue weighted by Gasteiger charge is 2.00. The Morgan fingerprint density at radius 2 is 1.79 bits per heavy atom. The maximum Gasteiger partial charge on any atom is 0.305 e. The summed E-state index contributed by atoms with van der Waals surface area (Å²) in [4.78, 5) is 19.4. The van der Waals surface area contributed by atoms with Crippen LogP contribution in [-0.2, 0) is 9.59 Å². The Morgan fingerprint density at radius 1 is 1.29 bits per heavy atom. The minimum absolute atomic E-state index is 0.167. The molecule has 5 N–H and O–H groups in total. The van der Waals surface area contributed by atoms with Crippen molar-refractivity contribution in [1.29, 1.82) is 0 Å². The summed E-state index contributed by atoms with van der Waals surface area (Å²) in [6.07, 6.45) is -0.122. The first kappa shape index (κ1) is 15.3. The van der Waals surface area contributed by atoms with Crippen molar-refractivity contribution in [3.63, 3.8) is 0 Å². The van der Waals surface area contributed by atoms with E-state index in [0.717, 1.165) is 0 Å². The van der Waals surface area contributed by atoms with Crippen LogP contribution < -0.4 is 5.73 Å². The number of carboxylic acids is 2. The Balaban J connectivity index is 0. The lowest BCUT2D eigenvalue weighted by atomic mass is 10.3. The van der Waals surface area contributed by atoms with Crippen LogP contribution in [0.5, 0.6) is 0 Å². The first-order chi connectivity index (χ1) is 6.40. The lowest BCUT2D eigenvalue weighted by molar-refractivity contribution is -0.139. The van der Waals surface area contributed by atoms with Crippen molar-refractivity contribution in [1.82, 2.24) is 0 Å². The molecule has 0 radical (unpaired) electrons.